The van der Waals surface area contributed by atoms with Crippen LogP contribution in [0.2, 0.25) is 0 Å². The van der Waals surface area contributed by atoms with Gasteiger partial charge in [-0.05, 0) is 31.2 Å². The first kappa shape index (κ1) is 14.7. The van der Waals surface area contributed by atoms with E-state index in [0.29, 0.717) is 30.2 Å². The summed E-state index contributed by atoms with van der Waals surface area (Å²) in [6, 6.07) is 10.2. The van der Waals surface area contributed by atoms with E-state index in [0.717, 1.165) is 10.2 Å². The van der Waals surface area contributed by atoms with Crippen LogP contribution < -0.4 is 15.8 Å². The summed E-state index contributed by atoms with van der Waals surface area (Å²) in [6.07, 6.45) is 0. The van der Waals surface area contributed by atoms with E-state index in [2.05, 4.69) is 21.2 Å². The number of hydrogen-bond donors (Lipinski definition) is 2. The van der Waals surface area contributed by atoms with Gasteiger partial charge in [-0.15, -0.1) is 0 Å². The molecule has 0 aliphatic carbocycles. The lowest BCUT2D eigenvalue weighted by Crippen LogP contribution is -2.03. The highest BCUT2D eigenvalue weighted by molar-refractivity contribution is 9.10. The van der Waals surface area contributed by atoms with E-state index in [1.807, 2.05) is 13.0 Å². The third kappa shape index (κ3) is 3.87. The van der Waals surface area contributed by atoms with Crippen LogP contribution in [0.3, 0.4) is 0 Å². The first-order chi connectivity index (χ1) is 9.58. The van der Waals surface area contributed by atoms with E-state index in [1.54, 1.807) is 24.3 Å². The lowest BCUT2D eigenvalue weighted by molar-refractivity contribution is 0.340. The van der Waals surface area contributed by atoms with Crippen molar-refractivity contribution < 1.29 is 9.13 Å². The van der Waals surface area contributed by atoms with Crippen molar-refractivity contribution in [2.24, 2.45) is 0 Å². The van der Waals surface area contributed by atoms with Gasteiger partial charge in [0.1, 0.15) is 11.6 Å². The molecule has 2 aromatic carbocycles. The molecule has 2 rings (SSSR count). The van der Waals surface area contributed by atoms with Gasteiger partial charge in [-0.1, -0.05) is 15.9 Å². The maximum Gasteiger partial charge on any atom is 0.128 e. The van der Waals surface area contributed by atoms with Crippen molar-refractivity contribution >= 4 is 27.3 Å². The Hall–Kier alpha value is -1.75. The second-order valence-corrected chi connectivity index (χ2v) is 5.23. The number of nitrogens with one attached hydrogen (secondary N) is 1. The summed E-state index contributed by atoms with van der Waals surface area (Å²) in [4.78, 5) is 0. The second-order valence-electron chi connectivity index (χ2n) is 4.31. The van der Waals surface area contributed by atoms with Crippen LogP contribution in [0.25, 0.3) is 0 Å². The standard InChI is InChI=1S/C15H16BrFN2O/c1-2-20-14-7-12(18)6-13(8-14)19-9-10-5-11(16)3-4-15(10)17/h3-8,19H,2,9,18H2,1H3. The van der Waals surface area contributed by atoms with Gasteiger partial charge < -0.3 is 15.8 Å². The molecule has 5 heteroatoms. The number of benzene rings is 2. The monoisotopic (exact) mass is 338 g/mol. The summed E-state index contributed by atoms with van der Waals surface area (Å²) < 4.78 is 19.9. The summed E-state index contributed by atoms with van der Waals surface area (Å²) in [5.74, 6) is 0.458. The topological polar surface area (TPSA) is 47.3 Å². The van der Waals surface area contributed by atoms with E-state index in [4.69, 9.17) is 10.5 Å². The lowest BCUT2D eigenvalue weighted by Gasteiger charge is -2.11. The van der Waals surface area contributed by atoms with Gasteiger partial charge in [0.25, 0.3) is 0 Å². The molecule has 0 saturated heterocycles. The predicted molar refractivity (Wildman–Crippen MR) is 83.5 cm³/mol. The van der Waals surface area contributed by atoms with E-state index in [9.17, 15) is 4.39 Å². The van der Waals surface area contributed by atoms with E-state index in [-0.39, 0.29) is 5.82 Å². The van der Waals surface area contributed by atoms with Gasteiger partial charge >= 0.3 is 0 Å². The van der Waals surface area contributed by atoms with E-state index < -0.39 is 0 Å². The molecule has 106 valence electrons. The molecule has 20 heavy (non-hydrogen) atoms. The summed E-state index contributed by atoms with van der Waals surface area (Å²) in [5.41, 5.74) is 7.80. The number of halogens is 2. The Labute approximate surface area is 126 Å². The first-order valence-electron chi connectivity index (χ1n) is 6.29. The second kappa shape index (κ2) is 6.61. The molecule has 3 nitrogen and oxygen atoms in total. The Morgan fingerprint density at radius 2 is 2.05 bits per heavy atom. The molecular weight excluding hydrogens is 323 g/mol. The van der Waals surface area contributed by atoms with Crippen LogP contribution >= 0.6 is 15.9 Å². The molecule has 0 unspecified atom stereocenters. The Morgan fingerprint density at radius 1 is 1.25 bits per heavy atom. The molecule has 0 bridgehead atoms. The molecule has 0 atom stereocenters. The predicted octanol–water partition coefficient (Wildman–Crippen LogP) is 4.18. The van der Waals surface area contributed by atoms with Gasteiger partial charge in [0, 0.05) is 40.1 Å². The van der Waals surface area contributed by atoms with Crippen LogP contribution in [0, 0.1) is 5.82 Å². The minimum atomic E-state index is -0.241. The molecule has 0 aliphatic rings. The fraction of sp³-hybridized carbons (Fsp3) is 0.200. The SMILES string of the molecule is CCOc1cc(N)cc(NCc2cc(Br)ccc2F)c1. The highest BCUT2D eigenvalue weighted by atomic mass is 79.9. The summed E-state index contributed by atoms with van der Waals surface area (Å²) >= 11 is 3.33. The van der Waals surface area contributed by atoms with Gasteiger partial charge in [-0.25, -0.2) is 4.39 Å². The van der Waals surface area contributed by atoms with Crippen LogP contribution in [0.5, 0.6) is 5.75 Å². The zero-order valence-electron chi connectivity index (χ0n) is 11.1. The zero-order valence-corrected chi connectivity index (χ0v) is 12.7. The maximum absolute atomic E-state index is 13.6. The fourth-order valence-corrected chi connectivity index (χ4v) is 2.26. The third-order valence-corrected chi connectivity index (χ3v) is 3.22. The van der Waals surface area contributed by atoms with Crippen molar-refractivity contribution in [3.8, 4) is 5.75 Å². The van der Waals surface area contributed by atoms with Crippen LogP contribution in [0.15, 0.2) is 40.9 Å². The lowest BCUT2D eigenvalue weighted by atomic mass is 10.2. The fourth-order valence-electron chi connectivity index (χ4n) is 1.85. The zero-order chi connectivity index (χ0) is 14.5. The van der Waals surface area contributed by atoms with Crippen molar-refractivity contribution in [1.29, 1.82) is 0 Å². The van der Waals surface area contributed by atoms with Gasteiger partial charge in [-0.2, -0.15) is 0 Å². The smallest absolute Gasteiger partial charge is 0.128 e. The molecule has 3 N–H and O–H groups in total. The van der Waals surface area contributed by atoms with Gasteiger partial charge in [0.2, 0.25) is 0 Å². The van der Waals surface area contributed by atoms with E-state index in [1.165, 1.54) is 6.07 Å². The molecule has 2 aromatic rings. The van der Waals surface area contributed by atoms with Gasteiger partial charge in [0.05, 0.1) is 6.61 Å². The number of nitrogens with two attached hydrogens (primary N) is 1. The molecular formula is C15H16BrFN2O. The molecule has 0 saturated carbocycles. The average Bonchev–Trinajstić information content (AvgIpc) is 2.40. The van der Waals surface area contributed by atoms with Crippen molar-refractivity contribution in [3.63, 3.8) is 0 Å². The van der Waals surface area contributed by atoms with Crippen molar-refractivity contribution in [2.75, 3.05) is 17.7 Å². The number of nitrogen functional groups attached to an aromatic ring is 1. The summed E-state index contributed by atoms with van der Waals surface area (Å²) in [5, 5.41) is 3.15. The molecule has 0 aromatic heterocycles. The number of anilines is 2. The van der Waals surface area contributed by atoms with Crippen molar-refractivity contribution in [1.82, 2.24) is 0 Å². The number of hydrogen-bond acceptors (Lipinski definition) is 3. The maximum atomic E-state index is 13.6. The Bertz CT molecular complexity index is 604. The molecule has 0 fully saturated rings. The van der Waals surface area contributed by atoms with Crippen molar-refractivity contribution in [2.45, 2.75) is 13.5 Å². The minimum Gasteiger partial charge on any atom is -0.494 e. The van der Waals surface area contributed by atoms with Crippen LogP contribution in [0.4, 0.5) is 15.8 Å². The van der Waals surface area contributed by atoms with Gasteiger partial charge in [0.15, 0.2) is 0 Å². The van der Waals surface area contributed by atoms with Crippen LogP contribution in [-0.2, 0) is 6.54 Å². The molecule has 0 spiro atoms. The summed E-state index contributed by atoms with van der Waals surface area (Å²) in [6.45, 7) is 2.86. The molecule has 0 radical (unpaired) electrons. The van der Waals surface area contributed by atoms with E-state index >= 15 is 0 Å². The number of ether oxygens (including phenoxy) is 1. The third-order valence-electron chi connectivity index (χ3n) is 2.73. The molecule has 0 heterocycles. The Kier molecular flexibility index (Phi) is 4.84. The molecule has 0 aliphatic heterocycles. The normalized spacial score (nSPS) is 10.3. The highest BCUT2D eigenvalue weighted by Gasteiger charge is 2.04. The largest absolute Gasteiger partial charge is 0.494 e. The van der Waals surface area contributed by atoms with Crippen LogP contribution in [-0.4, -0.2) is 6.61 Å². The van der Waals surface area contributed by atoms with Gasteiger partial charge in [-0.3, -0.25) is 0 Å². The summed E-state index contributed by atoms with van der Waals surface area (Å²) in [7, 11) is 0. The number of rotatable bonds is 5. The minimum absolute atomic E-state index is 0.241. The molecule has 0 amide bonds. The Balaban J connectivity index is 2.12. The first-order valence-corrected chi connectivity index (χ1v) is 7.09. The van der Waals surface area contributed by atoms with Crippen LogP contribution in [0.1, 0.15) is 12.5 Å². The average molecular weight is 339 g/mol. The highest BCUT2D eigenvalue weighted by Crippen LogP contribution is 2.24. The Morgan fingerprint density at radius 3 is 2.80 bits per heavy atom. The quantitative estimate of drug-likeness (QED) is 0.804. The van der Waals surface area contributed by atoms with Crippen molar-refractivity contribution in [3.05, 3.63) is 52.3 Å².